The summed E-state index contributed by atoms with van der Waals surface area (Å²) in [5.74, 6) is 1.70. The summed E-state index contributed by atoms with van der Waals surface area (Å²) in [7, 11) is 0. The van der Waals surface area contributed by atoms with Crippen LogP contribution in [0.3, 0.4) is 0 Å². The van der Waals surface area contributed by atoms with Crippen LogP contribution in [0.15, 0.2) is 23.2 Å². The monoisotopic (exact) mass is 315 g/mol. The first-order valence-corrected chi connectivity index (χ1v) is 6.32. The van der Waals surface area contributed by atoms with E-state index in [4.69, 9.17) is 11.6 Å². The second-order valence-electron chi connectivity index (χ2n) is 3.39. The first-order valence-electron chi connectivity index (χ1n) is 5.15. The maximum atomic E-state index is 5.85. The first-order chi connectivity index (χ1) is 8.27. The van der Waals surface area contributed by atoms with Crippen molar-refractivity contribution >= 4 is 33.3 Å². The molecule has 0 saturated carbocycles. The molecule has 7 heteroatoms. The average molecular weight is 317 g/mol. The van der Waals surface area contributed by atoms with E-state index in [9.17, 15) is 0 Å². The number of aryl methyl sites for hydroxylation is 1. The van der Waals surface area contributed by atoms with Gasteiger partial charge in [0.1, 0.15) is 23.1 Å². The van der Waals surface area contributed by atoms with Crippen LogP contribution in [0.25, 0.3) is 0 Å². The van der Waals surface area contributed by atoms with Gasteiger partial charge in [-0.05, 0) is 22.4 Å². The molecule has 5 nitrogen and oxygen atoms in total. The number of anilines is 1. The van der Waals surface area contributed by atoms with Gasteiger partial charge in [-0.2, -0.15) is 0 Å². The third-order valence-corrected chi connectivity index (χ3v) is 3.45. The Labute approximate surface area is 112 Å². The fourth-order valence-corrected chi connectivity index (χ4v) is 1.85. The van der Waals surface area contributed by atoms with Crippen molar-refractivity contribution in [1.29, 1.82) is 0 Å². The molecular formula is C10H11BrClN5. The molecule has 2 N–H and O–H groups in total. The molecule has 2 aromatic heterocycles. The number of hydrogen-bond acceptors (Lipinski definition) is 4. The number of hydrogen-bond donors (Lipinski definition) is 2. The minimum Gasteiger partial charge on any atom is -0.369 e. The number of imidazole rings is 1. The Morgan fingerprint density at radius 2 is 2.24 bits per heavy atom. The lowest BCUT2D eigenvalue weighted by molar-refractivity contribution is 0.813. The second kappa shape index (κ2) is 5.97. The molecular weight excluding hydrogens is 306 g/mol. The van der Waals surface area contributed by atoms with Gasteiger partial charge in [-0.25, -0.2) is 15.0 Å². The molecule has 0 aliphatic carbocycles. The zero-order valence-corrected chi connectivity index (χ0v) is 11.3. The summed E-state index contributed by atoms with van der Waals surface area (Å²) in [4.78, 5) is 15.2. The van der Waals surface area contributed by atoms with E-state index in [1.165, 1.54) is 6.33 Å². The number of aromatic amines is 1. The molecule has 0 bridgehead atoms. The van der Waals surface area contributed by atoms with Crippen molar-refractivity contribution in [2.24, 2.45) is 0 Å². The Bertz CT molecular complexity index is 474. The minimum atomic E-state index is 0.411. The lowest BCUT2D eigenvalue weighted by Crippen LogP contribution is -2.06. The van der Waals surface area contributed by atoms with Crippen molar-refractivity contribution in [3.63, 3.8) is 0 Å². The number of H-pyrrole nitrogens is 1. The van der Waals surface area contributed by atoms with Crippen LogP contribution in [-0.2, 0) is 6.42 Å². The molecule has 0 saturated heterocycles. The number of rotatable bonds is 5. The van der Waals surface area contributed by atoms with Crippen LogP contribution < -0.4 is 5.32 Å². The Morgan fingerprint density at radius 1 is 1.35 bits per heavy atom. The molecule has 0 radical (unpaired) electrons. The van der Waals surface area contributed by atoms with E-state index in [-0.39, 0.29) is 0 Å². The average Bonchev–Trinajstić information content (AvgIpc) is 2.83. The quantitative estimate of drug-likeness (QED) is 0.657. The molecule has 90 valence electrons. The third-order valence-electron chi connectivity index (χ3n) is 2.18. The van der Waals surface area contributed by atoms with E-state index in [1.54, 1.807) is 6.20 Å². The van der Waals surface area contributed by atoms with Crippen LogP contribution in [-0.4, -0.2) is 26.5 Å². The summed E-state index contributed by atoms with van der Waals surface area (Å²) in [5, 5.41) is 3.60. The summed E-state index contributed by atoms with van der Waals surface area (Å²) >= 11 is 9.19. The first kappa shape index (κ1) is 12.3. The smallest absolute Gasteiger partial charge is 0.148 e. The molecule has 2 aromatic rings. The fourth-order valence-electron chi connectivity index (χ4n) is 1.37. The predicted octanol–water partition coefficient (Wildman–Crippen LogP) is 2.66. The van der Waals surface area contributed by atoms with E-state index in [2.05, 4.69) is 41.2 Å². The van der Waals surface area contributed by atoms with E-state index in [0.717, 1.165) is 25.2 Å². The summed E-state index contributed by atoms with van der Waals surface area (Å²) in [6.45, 7) is 0.798. The molecule has 0 amide bonds. The van der Waals surface area contributed by atoms with Crippen molar-refractivity contribution in [3.8, 4) is 0 Å². The topological polar surface area (TPSA) is 66.5 Å². The van der Waals surface area contributed by atoms with Crippen molar-refractivity contribution < 1.29 is 0 Å². The SMILES string of the molecule is Clc1ncnc(NCCCc2ncc[nH]2)c1Br. The van der Waals surface area contributed by atoms with E-state index in [1.807, 2.05) is 6.20 Å². The van der Waals surface area contributed by atoms with Crippen LogP contribution in [0.5, 0.6) is 0 Å². The molecule has 0 unspecified atom stereocenters. The highest BCUT2D eigenvalue weighted by Crippen LogP contribution is 2.25. The number of halogens is 2. The van der Waals surface area contributed by atoms with Crippen molar-refractivity contribution in [1.82, 2.24) is 19.9 Å². The predicted molar refractivity (Wildman–Crippen MR) is 70.1 cm³/mol. The normalized spacial score (nSPS) is 10.5. The van der Waals surface area contributed by atoms with Gasteiger partial charge < -0.3 is 10.3 Å². The minimum absolute atomic E-state index is 0.411. The Kier molecular flexibility index (Phi) is 4.33. The van der Waals surface area contributed by atoms with Gasteiger partial charge in [0.15, 0.2) is 0 Å². The van der Waals surface area contributed by atoms with Crippen molar-refractivity contribution in [3.05, 3.63) is 34.2 Å². The van der Waals surface area contributed by atoms with Gasteiger partial charge in [0.05, 0.1) is 4.47 Å². The van der Waals surface area contributed by atoms with Crippen LogP contribution in [0.2, 0.25) is 5.15 Å². The van der Waals surface area contributed by atoms with Gasteiger partial charge in [0.25, 0.3) is 0 Å². The highest BCUT2D eigenvalue weighted by molar-refractivity contribution is 9.10. The zero-order chi connectivity index (χ0) is 12.1. The Balaban J connectivity index is 1.80. The van der Waals surface area contributed by atoms with Crippen LogP contribution in [0, 0.1) is 0 Å². The molecule has 0 aromatic carbocycles. The van der Waals surface area contributed by atoms with Crippen LogP contribution >= 0.6 is 27.5 Å². The zero-order valence-electron chi connectivity index (χ0n) is 8.95. The van der Waals surface area contributed by atoms with Crippen LogP contribution in [0.4, 0.5) is 5.82 Å². The van der Waals surface area contributed by atoms with Crippen molar-refractivity contribution in [2.45, 2.75) is 12.8 Å². The Hall–Kier alpha value is -1.14. The summed E-state index contributed by atoms with van der Waals surface area (Å²) in [5.41, 5.74) is 0. The summed E-state index contributed by atoms with van der Waals surface area (Å²) in [6.07, 6.45) is 6.87. The number of nitrogens with one attached hydrogen (secondary N) is 2. The molecule has 0 aliphatic rings. The van der Waals surface area contributed by atoms with E-state index < -0.39 is 0 Å². The third kappa shape index (κ3) is 3.41. The van der Waals surface area contributed by atoms with Crippen molar-refractivity contribution in [2.75, 3.05) is 11.9 Å². The van der Waals surface area contributed by atoms with Gasteiger partial charge in [-0.3, -0.25) is 0 Å². The standard InChI is InChI=1S/C10H11BrClN5/c11-8-9(12)16-6-17-10(8)15-3-1-2-7-13-4-5-14-7/h4-6H,1-3H2,(H,13,14)(H,15,16,17). The molecule has 0 fully saturated rings. The highest BCUT2D eigenvalue weighted by Gasteiger charge is 2.05. The molecule has 0 aliphatic heterocycles. The van der Waals surface area contributed by atoms with Crippen LogP contribution in [0.1, 0.15) is 12.2 Å². The maximum Gasteiger partial charge on any atom is 0.148 e. The fraction of sp³-hybridized carbons (Fsp3) is 0.300. The second-order valence-corrected chi connectivity index (χ2v) is 4.54. The lowest BCUT2D eigenvalue weighted by atomic mass is 10.3. The molecule has 0 spiro atoms. The van der Waals surface area contributed by atoms with Gasteiger partial charge in [0.2, 0.25) is 0 Å². The largest absolute Gasteiger partial charge is 0.369 e. The Morgan fingerprint density at radius 3 is 3.00 bits per heavy atom. The maximum absolute atomic E-state index is 5.85. The molecule has 2 heterocycles. The molecule has 2 rings (SSSR count). The molecule has 0 atom stereocenters. The summed E-state index contributed by atoms with van der Waals surface area (Å²) < 4.78 is 0.694. The lowest BCUT2D eigenvalue weighted by Gasteiger charge is -2.06. The van der Waals surface area contributed by atoms with Gasteiger partial charge >= 0.3 is 0 Å². The summed E-state index contributed by atoms with van der Waals surface area (Å²) in [6, 6.07) is 0. The van der Waals surface area contributed by atoms with E-state index >= 15 is 0 Å². The van der Waals surface area contributed by atoms with Gasteiger partial charge in [-0.15, -0.1) is 0 Å². The number of aromatic nitrogens is 4. The molecule has 17 heavy (non-hydrogen) atoms. The van der Waals surface area contributed by atoms with Gasteiger partial charge in [0, 0.05) is 25.4 Å². The van der Waals surface area contributed by atoms with E-state index in [0.29, 0.717) is 15.4 Å². The van der Waals surface area contributed by atoms with Gasteiger partial charge in [-0.1, -0.05) is 11.6 Å². The number of nitrogens with zero attached hydrogens (tertiary/aromatic N) is 3. The highest BCUT2D eigenvalue weighted by atomic mass is 79.9.